The van der Waals surface area contributed by atoms with E-state index in [4.69, 9.17) is 16.3 Å². The minimum absolute atomic E-state index is 0.0128. The fraction of sp³-hybridized carbons (Fsp3) is 0.500. The van der Waals surface area contributed by atoms with Crippen LogP contribution in [0.1, 0.15) is 43.3 Å². The Bertz CT molecular complexity index is 1240. The molecule has 1 heterocycles. The number of allylic oxidation sites excluding steroid dienone is 1. The molecule has 12 heteroatoms. The van der Waals surface area contributed by atoms with Gasteiger partial charge in [0, 0.05) is 39.7 Å². The predicted molar refractivity (Wildman–Crippen MR) is 136 cm³/mol. The Kier molecular flexibility index (Phi) is 9.69. The van der Waals surface area contributed by atoms with E-state index in [0.29, 0.717) is 22.5 Å². The zero-order valence-corrected chi connectivity index (χ0v) is 23.2. The molecule has 0 saturated carbocycles. The summed E-state index contributed by atoms with van der Waals surface area (Å²) in [5, 5.41) is 14.5. The highest BCUT2D eigenvalue weighted by Gasteiger charge is 2.22. The molecule has 200 valence electrons. The quantitative estimate of drug-likeness (QED) is 0.513. The molecular formula is C24H34ClFN4O5S. The number of aliphatic hydroxyl groups excluding tert-OH is 1. The fourth-order valence-corrected chi connectivity index (χ4v) is 4.75. The van der Waals surface area contributed by atoms with Crippen LogP contribution in [0.5, 0.6) is 0 Å². The van der Waals surface area contributed by atoms with Crippen molar-refractivity contribution in [2.75, 3.05) is 27.7 Å². The lowest BCUT2D eigenvalue weighted by Crippen LogP contribution is -2.34. The Balaban J connectivity index is 2.20. The number of aryl methyl sites for hydroxylation is 1. The third kappa shape index (κ3) is 7.52. The molecule has 1 aromatic heterocycles. The van der Waals surface area contributed by atoms with Gasteiger partial charge in [-0.05, 0) is 51.5 Å². The molecule has 0 radical (unpaired) electrons. The van der Waals surface area contributed by atoms with E-state index in [1.165, 1.54) is 48.9 Å². The van der Waals surface area contributed by atoms with Gasteiger partial charge in [-0.3, -0.25) is 4.68 Å². The van der Waals surface area contributed by atoms with E-state index in [-0.39, 0.29) is 36.0 Å². The summed E-state index contributed by atoms with van der Waals surface area (Å²) in [5.74, 6) is -0.482. The number of hydrogen-bond donors (Lipinski definition) is 1. The molecule has 1 amide bonds. The van der Waals surface area contributed by atoms with E-state index < -0.39 is 27.5 Å². The van der Waals surface area contributed by atoms with Gasteiger partial charge in [0.05, 0.1) is 29.6 Å². The first-order chi connectivity index (χ1) is 16.6. The molecule has 0 aliphatic carbocycles. The summed E-state index contributed by atoms with van der Waals surface area (Å²) in [7, 11) is 0.662. The molecule has 0 aliphatic rings. The second kappa shape index (κ2) is 11.7. The van der Waals surface area contributed by atoms with Crippen molar-refractivity contribution in [2.24, 2.45) is 0 Å². The average Bonchev–Trinajstić information content (AvgIpc) is 3.04. The number of ether oxygens (including phenoxy) is 1. The number of rotatable bonds is 9. The van der Waals surface area contributed by atoms with E-state index in [1.54, 1.807) is 33.8 Å². The number of aliphatic hydroxyl groups is 1. The molecule has 0 unspecified atom stereocenters. The lowest BCUT2D eigenvalue weighted by atomic mass is 10.1. The first-order valence-electron chi connectivity index (χ1n) is 11.2. The Morgan fingerprint density at radius 1 is 1.28 bits per heavy atom. The highest BCUT2D eigenvalue weighted by Crippen LogP contribution is 2.26. The molecular weight excluding hydrogens is 511 g/mol. The minimum Gasteiger partial charge on any atom is -0.444 e. The summed E-state index contributed by atoms with van der Waals surface area (Å²) in [6, 6.07) is 4.57. The number of halogens is 2. The Morgan fingerprint density at radius 2 is 1.92 bits per heavy atom. The molecule has 2 rings (SSSR count). The molecule has 1 N–H and O–H groups in total. The number of aromatic nitrogens is 2. The topological polar surface area (TPSA) is 105 Å². The average molecular weight is 545 g/mol. The van der Waals surface area contributed by atoms with Gasteiger partial charge in [-0.2, -0.15) is 5.10 Å². The highest BCUT2D eigenvalue weighted by atomic mass is 35.5. The molecule has 0 bridgehead atoms. The standard InChI is InChI=1S/C24H34ClFN4O5S/c1-16-19(13-18(26)10-11-29(7)23(32)35-24(2,3)4)21(15-31)30(27-16)14-17-8-9-22(20(25)12-17)36(33,34)28(5)6/h8-10,12,31H,11,13-15H2,1-7H3/b18-10-. The number of sulfonamides is 1. The summed E-state index contributed by atoms with van der Waals surface area (Å²) in [6.07, 6.45) is 0.616. The van der Waals surface area contributed by atoms with Crippen LogP contribution in [0.4, 0.5) is 9.18 Å². The van der Waals surface area contributed by atoms with Gasteiger partial charge in [-0.15, -0.1) is 0 Å². The van der Waals surface area contributed by atoms with Crippen molar-refractivity contribution in [2.45, 2.75) is 57.8 Å². The van der Waals surface area contributed by atoms with Crippen LogP contribution in [0.2, 0.25) is 5.02 Å². The van der Waals surface area contributed by atoms with E-state index in [2.05, 4.69) is 5.10 Å². The second-order valence-electron chi connectivity index (χ2n) is 9.57. The van der Waals surface area contributed by atoms with Gasteiger partial charge < -0.3 is 14.7 Å². The van der Waals surface area contributed by atoms with Crippen LogP contribution in [0.25, 0.3) is 0 Å². The normalized spacial score (nSPS) is 12.8. The van der Waals surface area contributed by atoms with Gasteiger partial charge in [0.2, 0.25) is 10.0 Å². The number of likely N-dealkylation sites (N-methyl/N-ethyl adjacent to an activating group) is 1. The lowest BCUT2D eigenvalue weighted by Gasteiger charge is -2.23. The smallest absolute Gasteiger partial charge is 0.410 e. The zero-order chi connectivity index (χ0) is 27.4. The summed E-state index contributed by atoms with van der Waals surface area (Å²) < 4.78 is 47.4. The van der Waals surface area contributed by atoms with Crippen molar-refractivity contribution < 1.29 is 27.4 Å². The van der Waals surface area contributed by atoms with Crippen LogP contribution < -0.4 is 0 Å². The third-order valence-corrected chi connectivity index (χ3v) is 7.54. The van der Waals surface area contributed by atoms with E-state index >= 15 is 0 Å². The minimum atomic E-state index is -3.69. The molecule has 0 fully saturated rings. The van der Waals surface area contributed by atoms with Gasteiger partial charge >= 0.3 is 6.09 Å². The number of carbonyl (C=O) groups is 1. The number of hydrogen-bond acceptors (Lipinski definition) is 6. The summed E-state index contributed by atoms with van der Waals surface area (Å²) >= 11 is 6.24. The SMILES string of the molecule is Cc1nn(Cc2ccc(S(=O)(=O)N(C)C)c(Cl)c2)c(CO)c1C/C(F)=C/CN(C)C(=O)OC(C)(C)C. The Hall–Kier alpha value is -2.47. The first kappa shape index (κ1) is 29.8. The van der Waals surface area contributed by atoms with Gasteiger partial charge in [0.15, 0.2) is 0 Å². The Labute approximate surface area is 217 Å². The maximum absolute atomic E-state index is 14.7. The monoisotopic (exact) mass is 544 g/mol. The molecule has 9 nitrogen and oxygen atoms in total. The predicted octanol–water partition coefficient (Wildman–Crippen LogP) is 3.90. The molecule has 0 aliphatic heterocycles. The summed E-state index contributed by atoms with van der Waals surface area (Å²) in [4.78, 5) is 13.3. The van der Waals surface area contributed by atoms with Crippen LogP contribution in [0.3, 0.4) is 0 Å². The number of amides is 1. The Morgan fingerprint density at radius 3 is 2.44 bits per heavy atom. The van der Waals surface area contributed by atoms with Crippen LogP contribution in [0.15, 0.2) is 35.0 Å². The van der Waals surface area contributed by atoms with Crippen LogP contribution in [-0.4, -0.2) is 71.9 Å². The van der Waals surface area contributed by atoms with E-state index in [1.807, 2.05) is 0 Å². The van der Waals surface area contributed by atoms with Crippen molar-refractivity contribution in [1.29, 1.82) is 0 Å². The third-order valence-electron chi connectivity index (χ3n) is 5.24. The van der Waals surface area contributed by atoms with Gasteiger partial charge in [0.1, 0.15) is 16.3 Å². The fourth-order valence-electron chi connectivity index (χ4n) is 3.32. The van der Waals surface area contributed by atoms with Gasteiger partial charge in [-0.25, -0.2) is 21.9 Å². The van der Waals surface area contributed by atoms with Crippen molar-refractivity contribution in [3.05, 3.63) is 57.6 Å². The second-order valence-corrected chi connectivity index (χ2v) is 12.1. The van der Waals surface area contributed by atoms with Crippen LogP contribution in [0, 0.1) is 6.92 Å². The first-order valence-corrected chi connectivity index (χ1v) is 13.0. The molecule has 36 heavy (non-hydrogen) atoms. The largest absolute Gasteiger partial charge is 0.444 e. The maximum Gasteiger partial charge on any atom is 0.410 e. The molecule has 2 aromatic rings. The molecule has 0 saturated heterocycles. The van der Waals surface area contributed by atoms with Crippen molar-refractivity contribution >= 4 is 27.7 Å². The van der Waals surface area contributed by atoms with Crippen LogP contribution >= 0.6 is 11.6 Å². The van der Waals surface area contributed by atoms with Crippen molar-refractivity contribution in [1.82, 2.24) is 19.0 Å². The molecule has 1 aromatic carbocycles. The van der Waals surface area contributed by atoms with Crippen LogP contribution in [-0.2, 0) is 34.3 Å². The zero-order valence-electron chi connectivity index (χ0n) is 21.7. The lowest BCUT2D eigenvalue weighted by molar-refractivity contribution is 0.0317. The van der Waals surface area contributed by atoms with Gasteiger partial charge in [-0.1, -0.05) is 17.7 Å². The van der Waals surface area contributed by atoms with E-state index in [0.717, 1.165) is 4.31 Å². The van der Waals surface area contributed by atoms with Crippen molar-refractivity contribution in [3.8, 4) is 0 Å². The molecule has 0 spiro atoms. The highest BCUT2D eigenvalue weighted by molar-refractivity contribution is 7.89. The number of carbonyl (C=O) groups excluding carboxylic acids is 1. The van der Waals surface area contributed by atoms with E-state index in [9.17, 15) is 22.7 Å². The summed E-state index contributed by atoms with van der Waals surface area (Å²) in [6.45, 7) is 6.81. The summed E-state index contributed by atoms with van der Waals surface area (Å²) in [5.41, 5.74) is 1.51. The van der Waals surface area contributed by atoms with Crippen molar-refractivity contribution in [3.63, 3.8) is 0 Å². The maximum atomic E-state index is 14.7. The number of benzene rings is 1. The number of nitrogens with zero attached hydrogens (tertiary/aromatic N) is 4. The molecule has 0 atom stereocenters. The van der Waals surface area contributed by atoms with Gasteiger partial charge in [0.25, 0.3) is 0 Å².